The fraction of sp³-hybridized carbons (Fsp3) is 0.400. The molecular weight excluding hydrogens is 185 g/mol. The first kappa shape index (κ1) is 9.27. The van der Waals surface area contributed by atoms with Crippen molar-refractivity contribution < 1.29 is 13.9 Å². The van der Waals surface area contributed by atoms with Crippen molar-refractivity contribution in [1.82, 2.24) is 0 Å². The average molecular weight is 197 g/mol. The van der Waals surface area contributed by atoms with E-state index in [1.165, 1.54) is 6.07 Å². The zero-order valence-corrected chi connectivity index (χ0v) is 7.92. The summed E-state index contributed by atoms with van der Waals surface area (Å²) in [5.74, 6) is 0.687. The van der Waals surface area contributed by atoms with Crippen molar-refractivity contribution >= 4 is 0 Å². The Hall–Kier alpha value is -1.29. The van der Waals surface area contributed by atoms with Crippen LogP contribution in [0.3, 0.4) is 0 Å². The van der Waals surface area contributed by atoms with Crippen molar-refractivity contribution in [3.05, 3.63) is 23.5 Å². The first-order valence-electron chi connectivity index (χ1n) is 4.53. The van der Waals surface area contributed by atoms with Crippen LogP contribution in [0.15, 0.2) is 12.1 Å². The molecule has 2 N–H and O–H groups in total. The molecule has 0 saturated carbocycles. The van der Waals surface area contributed by atoms with Gasteiger partial charge in [0.15, 0.2) is 11.5 Å². The average Bonchev–Trinajstić information content (AvgIpc) is 2.16. The standard InChI is InChI=1S/C10H12FNO2/c1-6(12)7-4-9-10(5-8(7)11)14-3-2-13-9/h4-6H,2-3,12H2,1H3. The van der Waals surface area contributed by atoms with E-state index in [1.807, 2.05) is 0 Å². The van der Waals surface area contributed by atoms with Crippen LogP contribution in [-0.2, 0) is 0 Å². The van der Waals surface area contributed by atoms with Gasteiger partial charge in [-0.3, -0.25) is 0 Å². The third-order valence-corrected chi connectivity index (χ3v) is 2.15. The van der Waals surface area contributed by atoms with Crippen LogP contribution in [0.5, 0.6) is 11.5 Å². The number of hydrogen-bond acceptors (Lipinski definition) is 3. The molecule has 0 fully saturated rings. The van der Waals surface area contributed by atoms with Gasteiger partial charge in [-0.25, -0.2) is 4.39 Å². The van der Waals surface area contributed by atoms with E-state index in [2.05, 4.69) is 0 Å². The Morgan fingerprint density at radius 2 is 1.86 bits per heavy atom. The van der Waals surface area contributed by atoms with Gasteiger partial charge in [0.05, 0.1) is 0 Å². The van der Waals surface area contributed by atoms with Crippen molar-refractivity contribution in [3.8, 4) is 11.5 Å². The van der Waals surface area contributed by atoms with Gasteiger partial charge in [0.1, 0.15) is 19.0 Å². The highest BCUT2D eigenvalue weighted by molar-refractivity contribution is 5.45. The molecule has 3 nitrogen and oxygen atoms in total. The lowest BCUT2D eigenvalue weighted by Gasteiger charge is -2.20. The summed E-state index contributed by atoms with van der Waals surface area (Å²) in [7, 11) is 0. The van der Waals surface area contributed by atoms with Gasteiger partial charge in [0, 0.05) is 17.7 Å². The Bertz CT molecular complexity index is 352. The van der Waals surface area contributed by atoms with Crippen molar-refractivity contribution in [2.45, 2.75) is 13.0 Å². The minimum atomic E-state index is -0.343. The summed E-state index contributed by atoms with van der Waals surface area (Å²) in [5, 5.41) is 0. The summed E-state index contributed by atoms with van der Waals surface area (Å²) in [5.41, 5.74) is 6.06. The molecule has 1 heterocycles. The summed E-state index contributed by atoms with van der Waals surface area (Å²) in [6.07, 6.45) is 0. The molecule has 14 heavy (non-hydrogen) atoms. The molecule has 1 atom stereocenters. The number of halogens is 1. The van der Waals surface area contributed by atoms with Crippen molar-refractivity contribution in [2.75, 3.05) is 13.2 Å². The second-order valence-corrected chi connectivity index (χ2v) is 3.31. The lowest BCUT2D eigenvalue weighted by Crippen LogP contribution is -2.17. The molecule has 2 rings (SSSR count). The van der Waals surface area contributed by atoms with E-state index in [9.17, 15) is 4.39 Å². The minimum absolute atomic E-state index is 0.342. The van der Waals surface area contributed by atoms with Gasteiger partial charge in [-0.15, -0.1) is 0 Å². The molecule has 4 heteroatoms. The fourth-order valence-electron chi connectivity index (χ4n) is 1.43. The normalized spacial score (nSPS) is 16.5. The molecule has 1 aromatic carbocycles. The lowest BCUT2D eigenvalue weighted by atomic mass is 10.1. The molecule has 0 aromatic heterocycles. The highest BCUT2D eigenvalue weighted by atomic mass is 19.1. The molecular formula is C10H12FNO2. The molecule has 1 aliphatic heterocycles. The van der Waals surface area contributed by atoms with Gasteiger partial charge in [-0.05, 0) is 13.0 Å². The zero-order valence-electron chi connectivity index (χ0n) is 7.92. The third kappa shape index (κ3) is 1.53. The van der Waals surface area contributed by atoms with Crippen LogP contribution in [0.2, 0.25) is 0 Å². The fourth-order valence-corrected chi connectivity index (χ4v) is 1.43. The van der Waals surface area contributed by atoms with Crippen molar-refractivity contribution in [3.63, 3.8) is 0 Å². The molecule has 76 valence electrons. The largest absolute Gasteiger partial charge is 0.486 e. The number of fused-ring (bicyclic) bond motifs is 1. The molecule has 0 saturated heterocycles. The molecule has 1 aliphatic rings. The molecule has 0 amide bonds. The number of hydrogen-bond donors (Lipinski definition) is 1. The molecule has 1 aromatic rings. The summed E-state index contributed by atoms with van der Waals surface area (Å²) in [6, 6.07) is 2.59. The van der Waals surface area contributed by atoms with E-state index in [4.69, 9.17) is 15.2 Å². The van der Waals surface area contributed by atoms with E-state index in [0.717, 1.165) is 0 Å². The Labute approximate surface area is 81.6 Å². The summed E-state index contributed by atoms with van der Waals surface area (Å²) >= 11 is 0. The SMILES string of the molecule is CC(N)c1cc2c(cc1F)OCCO2. The van der Waals surface area contributed by atoms with Gasteiger partial charge in [-0.2, -0.15) is 0 Å². The summed E-state index contributed by atoms with van der Waals surface area (Å²) in [4.78, 5) is 0. The third-order valence-electron chi connectivity index (χ3n) is 2.15. The quantitative estimate of drug-likeness (QED) is 0.744. The number of benzene rings is 1. The molecule has 0 radical (unpaired) electrons. The van der Waals surface area contributed by atoms with E-state index < -0.39 is 0 Å². The maximum absolute atomic E-state index is 13.4. The Morgan fingerprint density at radius 1 is 1.29 bits per heavy atom. The number of rotatable bonds is 1. The van der Waals surface area contributed by atoms with Crippen LogP contribution in [0.1, 0.15) is 18.5 Å². The monoisotopic (exact) mass is 197 g/mol. The van der Waals surface area contributed by atoms with Crippen LogP contribution >= 0.6 is 0 Å². The second-order valence-electron chi connectivity index (χ2n) is 3.31. The first-order valence-corrected chi connectivity index (χ1v) is 4.53. The summed E-state index contributed by atoms with van der Waals surface area (Å²) in [6.45, 7) is 2.69. The van der Waals surface area contributed by atoms with Gasteiger partial charge in [0.25, 0.3) is 0 Å². The number of nitrogens with two attached hydrogens (primary N) is 1. The lowest BCUT2D eigenvalue weighted by molar-refractivity contribution is 0.170. The van der Waals surface area contributed by atoms with Crippen molar-refractivity contribution in [1.29, 1.82) is 0 Å². The van der Waals surface area contributed by atoms with Gasteiger partial charge >= 0.3 is 0 Å². The molecule has 0 spiro atoms. The van der Waals surface area contributed by atoms with E-state index in [0.29, 0.717) is 30.3 Å². The van der Waals surface area contributed by atoms with E-state index in [1.54, 1.807) is 13.0 Å². The van der Waals surface area contributed by atoms with Crippen LogP contribution in [0.25, 0.3) is 0 Å². The van der Waals surface area contributed by atoms with Crippen molar-refractivity contribution in [2.24, 2.45) is 5.73 Å². The Morgan fingerprint density at radius 3 is 2.43 bits per heavy atom. The van der Waals surface area contributed by atoms with Crippen LogP contribution in [0.4, 0.5) is 4.39 Å². The predicted octanol–water partition coefficient (Wildman–Crippen LogP) is 1.62. The van der Waals surface area contributed by atoms with E-state index >= 15 is 0 Å². The maximum atomic E-state index is 13.4. The minimum Gasteiger partial charge on any atom is -0.486 e. The number of ether oxygens (including phenoxy) is 2. The highest BCUT2D eigenvalue weighted by Gasteiger charge is 2.17. The maximum Gasteiger partial charge on any atom is 0.164 e. The smallest absolute Gasteiger partial charge is 0.164 e. The van der Waals surface area contributed by atoms with Gasteiger partial charge < -0.3 is 15.2 Å². The van der Waals surface area contributed by atoms with Gasteiger partial charge in [0.2, 0.25) is 0 Å². The molecule has 0 aliphatic carbocycles. The molecule has 0 bridgehead atoms. The van der Waals surface area contributed by atoms with E-state index in [-0.39, 0.29) is 11.9 Å². The highest BCUT2D eigenvalue weighted by Crippen LogP contribution is 2.34. The van der Waals surface area contributed by atoms with Crippen LogP contribution in [-0.4, -0.2) is 13.2 Å². The Balaban J connectivity index is 2.45. The topological polar surface area (TPSA) is 44.5 Å². The second kappa shape index (κ2) is 3.46. The first-order chi connectivity index (χ1) is 6.68. The summed E-state index contributed by atoms with van der Waals surface area (Å²) < 4.78 is 24.0. The van der Waals surface area contributed by atoms with Crippen LogP contribution in [0, 0.1) is 5.82 Å². The Kier molecular flexibility index (Phi) is 2.29. The van der Waals surface area contributed by atoms with Crippen LogP contribution < -0.4 is 15.2 Å². The van der Waals surface area contributed by atoms with Gasteiger partial charge in [-0.1, -0.05) is 0 Å². The zero-order chi connectivity index (χ0) is 10.1. The molecule has 1 unspecified atom stereocenters. The predicted molar refractivity (Wildman–Crippen MR) is 50.0 cm³/mol.